The van der Waals surface area contributed by atoms with Gasteiger partial charge in [0.05, 0.1) is 0 Å². The standard InChI is InChI=1S/C16H21N3O2S/c1-4-12(5-2)15-18-19-16(22-15)17-14(20)10-21-13-9-7-6-8-11(13)3/h6-9,12H,4-5,10H2,1-3H3,(H,17,19,20). The molecule has 22 heavy (non-hydrogen) atoms. The number of carbonyl (C=O) groups excluding carboxylic acids is 1. The molecule has 1 amide bonds. The summed E-state index contributed by atoms with van der Waals surface area (Å²) in [4.78, 5) is 11.9. The van der Waals surface area contributed by atoms with Crippen molar-refractivity contribution < 1.29 is 9.53 Å². The first-order valence-corrected chi connectivity index (χ1v) is 8.27. The molecule has 0 atom stereocenters. The van der Waals surface area contributed by atoms with Crippen molar-refractivity contribution in [1.29, 1.82) is 0 Å². The van der Waals surface area contributed by atoms with E-state index >= 15 is 0 Å². The number of nitrogens with zero attached hydrogens (tertiary/aromatic N) is 2. The van der Waals surface area contributed by atoms with Gasteiger partial charge in [0.25, 0.3) is 5.91 Å². The van der Waals surface area contributed by atoms with Gasteiger partial charge in [-0.15, -0.1) is 10.2 Å². The first-order valence-electron chi connectivity index (χ1n) is 7.45. The third-order valence-corrected chi connectivity index (χ3v) is 4.48. The lowest BCUT2D eigenvalue weighted by atomic mass is 10.1. The average Bonchev–Trinajstić information content (AvgIpc) is 2.96. The number of amides is 1. The molecule has 0 aliphatic carbocycles. The fourth-order valence-electron chi connectivity index (χ4n) is 2.11. The minimum absolute atomic E-state index is 0.0370. The van der Waals surface area contributed by atoms with Gasteiger partial charge in [0.2, 0.25) is 5.13 Å². The minimum Gasteiger partial charge on any atom is -0.483 e. The van der Waals surface area contributed by atoms with Crippen LogP contribution in [0.1, 0.15) is 43.2 Å². The highest BCUT2D eigenvalue weighted by atomic mass is 32.1. The monoisotopic (exact) mass is 319 g/mol. The minimum atomic E-state index is -0.226. The number of para-hydroxylation sites is 1. The SMILES string of the molecule is CCC(CC)c1nnc(NC(=O)COc2ccccc2C)s1. The Morgan fingerprint density at radius 1 is 1.27 bits per heavy atom. The number of hydrogen-bond acceptors (Lipinski definition) is 5. The first kappa shape index (κ1) is 16.4. The lowest BCUT2D eigenvalue weighted by Gasteiger charge is -2.08. The van der Waals surface area contributed by atoms with Gasteiger partial charge >= 0.3 is 0 Å². The molecule has 0 saturated heterocycles. The molecular formula is C16H21N3O2S. The third-order valence-electron chi connectivity index (χ3n) is 3.47. The second-order valence-corrected chi connectivity index (χ2v) is 6.07. The Morgan fingerprint density at radius 2 is 2.00 bits per heavy atom. The Labute approximate surface area is 134 Å². The Morgan fingerprint density at radius 3 is 2.68 bits per heavy atom. The summed E-state index contributed by atoms with van der Waals surface area (Å²) in [5.41, 5.74) is 1.00. The fourth-order valence-corrected chi connectivity index (χ4v) is 3.13. The molecule has 2 rings (SSSR count). The topological polar surface area (TPSA) is 64.1 Å². The number of aryl methyl sites for hydroxylation is 1. The second-order valence-electron chi connectivity index (χ2n) is 5.06. The van der Waals surface area contributed by atoms with Crippen molar-refractivity contribution in [1.82, 2.24) is 10.2 Å². The number of rotatable bonds is 7. The van der Waals surface area contributed by atoms with Gasteiger partial charge in [-0.05, 0) is 31.4 Å². The number of ether oxygens (including phenoxy) is 1. The molecule has 0 bridgehead atoms. The largest absolute Gasteiger partial charge is 0.483 e. The van der Waals surface area contributed by atoms with E-state index in [2.05, 4.69) is 29.4 Å². The lowest BCUT2D eigenvalue weighted by molar-refractivity contribution is -0.118. The van der Waals surface area contributed by atoms with Crippen LogP contribution >= 0.6 is 11.3 Å². The summed E-state index contributed by atoms with van der Waals surface area (Å²) in [6.45, 7) is 6.17. The van der Waals surface area contributed by atoms with Crippen LogP contribution in [-0.2, 0) is 4.79 Å². The summed E-state index contributed by atoms with van der Waals surface area (Å²) in [6, 6.07) is 7.61. The maximum atomic E-state index is 11.9. The summed E-state index contributed by atoms with van der Waals surface area (Å²) >= 11 is 1.43. The molecule has 0 fully saturated rings. The number of aromatic nitrogens is 2. The van der Waals surface area contributed by atoms with Gasteiger partial charge in [0.1, 0.15) is 10.8 Å². The molecule has 2 aromatic rings. The van der Waals surface area contributed by atoms with E-state index in [1.54, 1.807) is 0 Å². The molecule has 6 heteroatoms. The molecule has 1 aromatic carbocycles. The Hall–Kier alpha value is -1.95. The van der Waals surface area contributed by atoms with Crippen LogP contribution < -0.4 is 10.1 Å². The van der Waals surface area contributed by atoms with Gasteiger partial charge in [0.15, 0.2) is 6.61 Å². The van der Waals surface area contributed by atoms with Gasteiger partial charge in [0, 0.05) is 5.92 Å². The molecule has 1 aromatic heterocycles. The highest BCUT2D eigenvalue weighted by Crippen LogP contribution is 2.28. The maximum Gasteiger partial charge on any atom is 0.264 e. The molecular weight excluding hydrogens is 298 g/mol. The summed E-state index contributed by atoms with van der Waals surface area (Å²) in [5, 5.41) is 12.4. The number of hydrogen-bond donors (Lipinski definition) is 1. The van der Waals surface area contributed by atoms with Crippen molar-refractivity contribution in [3.63, 3.8) is 0 Å². The first-order chi connectivity index (χ1) is 10.6. The van der Waals surface area contributed by atoms with E-state index in [0.29, 0.717) is 16.8 Å². The quantitative estimate of drug-likeness (QED) is 0.844. The van der Waals surface area contributed by atoms with E-state index in [9.17, 15) is 4.79 Å². The zero-order chi connectivity index (χ0) is 15.9. The zero-order valence-corrected chi connectivity index (χ0v) is 13.9. The normalized spacial score (nSPS) is 10.7. The lowest BCUT2D eigenvalue weighted by Crippen LogP contribution is -2.20. The van der Waals surface area contributed by atoms with Crippen LogP contribution in [0.4, 0.5) is 5.13 Å². The van der Waals surface area contributed by atoms with Crippen LogP contribution in [0.5, 0.6) is 5.75 Å². The molecule has 0 radical (unpaired) electrons. The summed E-state index contributed by atoms with van der Waals surface area (Å²) in [7, 11) is 0. The molecule has 0 aliphatic heterocycles. The molecule has 0 spiro atoms. The third kappa shape index (κ3) is 4.27. The number of carbonyl (C=O) groups is 1. The number of nitrogens with one attached hydrogen (secondary N) is 1. The van der Waals surface area contributed by atoms with Crippen molar-refractivity contribution in [3.05, 3.63) is 34.8 Å². The van der Waals surface area contributed by atoms with E-state index in [4.69, 9.17) is 4.74 Å². The summed E-state index contributed by atoms with van der Waals surface area (Å²) in [6.07, 6.45) is 2.05. The Bertz CT molecular complexity index is 623. The maximum absolute atomic E-state index is 11.9. The highest BCUT2D eigenvalue weighted by Gasteiger charge is 2.14. The molecule has 1 heterocycles. The molecule has 1 N–H and O–H groups in total. The Kier molecular flexibility index (Phi) is 5.89. The predicted octanol–water partition coefficient (Wildman–Crippen LogP) is 3.77. The summed E-state index contributed by atoms with van der Waals surface area (Å²) < 4.78 is 5.51. The Balaban J connectivity index is 1.88. The van der Waals surface area contributed by atoms with E-state index in [0.717, 1.165) is 23.4 Å². The average molecular weight is 319 g/mol. The van der Waals surface area contributed by atoms with Crippen LogP contribution in [0.2, 0.25) is 0 Å². The zero-order valence-electron chi connectivity index (χ0n) is 13.1. The van der Waals surface area contributed by atoms with Crippen LogP contribution in [-0.4, -0.2) is 22.7 Å². The van der Waals surface area contributed by atoms with E-state index in [-0.39, 0.29) is 12.5 Å². The molecule has 5 nitrogen and oxygen atoms in total. The van der Waals surface area contributed by atoms with Gasteiger partial charge in [-0.25, -0.2) is 0 Å². The van der Waals surface area contributed by atoms with Crippen molar-refractivity contribution >= 4 is 22.4 Å². The van der Waals surface area contributed by atoms with Crippen molar-refractivity contribution in [2.45, 2.75) is 39.5 Å². The van der Waals surface area contributed by atoms with Crippen LogP contribution in [0, 0.1) is 6.92 Å². The van der Waals surface area contributed by atoms with Gasteiger partial charge < -0.3 is 4.74 Å². The fraction of sp³-hybridized carbons (Fsp3) is 0.438. The number of anilines is 1. The van der Waals surface area contributed by atoms with Crippen LogP contribution in [0.3, 0.4) is 0 Å². The summed E-state index contributed by atoms with van der Waals surface area (Å²) in [5.74, 6) is 0.898. The van der Waals surface area contributed by atoms with Gasteiger partial charge in [-0.2, -0.15) is 0 Å². The van der Waals surface area contributed by atoms with Crippen molar-refractivity contribution in [2.24, 2.45) is 0 Å². The van der Waals surface area contributed by atoms with Crippen molar-refractivity contribution in [3.8, 4) is 5.75 Å². The molecule has 0 saturated carbocycles. The van der Waals surface area contributed by atoms with Gasteiger partial charge in [-0.1, -0.05) is 43.4 Å². The van der Waals surface area contributed by atoms with Crippen LogP contribution in [0.15, 0.2) is 24.3 Å². The van der Waals surface area contributed by atoms with Crippen molar-refractivity contribution in [2.75, 3.05) is 11.9 Å². The number of benzene rings is 1. The molecule has 118 valence electrons. The van der Waals surface area contributed by atoms with E-state index in [1.807, 2.05) is 31.2 Å². The van der Waals surface area contributed by atoms with E-state index < -0.39 is 0 Å². The predicted molar refractivity (Wildman–Crippen MR) is 88.5 cm³/mol. The molecule has 0 unspecified atom stereocenters. The van der Waals surface area contributed by atoms with Crippen LogP contribution in [0.25, 0.3) is 0 Å². The second kappa shape index (κ2) is 7.89. The van der Waals surface area contributed by atoms with Gasteiger partial charge in [-0.3, -0.25) is 10.1 Å². The molecule has 0 aliphatic rings. The highest BCUT2D eigenvalue weighted by molar-refractivity contribution is 7.15. The van der Waals surface area contributed by atoms with E-state index in [1.165, 1.54) is 11.3 Å². The smallest absolute Gasteiger partial charge is 0.264 e.